The number of aromatic hydroxyl groups is 1. The van der Waals surface area contributed by atoms with Crippen LogP contribution in [0.4, 0.5) is 5.82 Å². The molecule has 0 spiro atoms. The average Bonchev–Trinajstić information content (AvgIpc) is 3.34. The molecule has 0 aliphatic heterocycles. The highest BCUT2D eigenvalue weighted by atomic mass is 16.6. The number of benzene rings is 2. The fraction of sp³-hybridized carbons (Fsp3) is 0.150. The summed E-state index contributed by atoms with van der Waals surface area (Å²) in [7, 11) is 0. The number of carbonyl (C=O) groups is 1. The van der Waals surface area contributed by atoms with Gasteiger partial charge in [0.2, 0.25) is 0 Å². The van der Waals surface area contributed by atoms with E-state index in [9.17, 15) is 9.90 Å². The number of amides is 1. The molecule has 11 nitrogen and oxygen atoms in total. The Bertz CT molecular complexity index is 1260. The van der Waals surface area contributed by atoms with Crippen molar-refractivity contribution in [1.29, 1.82) is 0 Å². The summed E-state index contributed by atoms with van der Waals surface area (Å²) in [4.78, 5) is 17.0. The van der Waals surface area contributed by atoms with Crippen molar-refractivity contribution in [3.8, 4) is 23.0 Å². The highest BCUT2D eigenvalue weighted by Crippen LogP contribution is 2.27. The lowest BCUT2D eigenvalue weighted by Crippen LogP contribution is -2.23. The second-order valence-electron chi connectivity index (χ2n) is 6.46. The molecule has 2 heterocycles. The molecule has 4 N–H and O–H groups in total. The van der Waals surface area contributed by atoms with E-state index < -0.39 is 0 Å². The summed E-state index contributed by atoms with van der Waals surface area (Å²) in [6.45, 7) is 2.15. The molecule has 2 aromatic carbocycles. The first-order chi connectivity index (χ1) is 15.1. The van der Waals surface area contributed by atoms with Crippen LogP contribution in [-0.2, 0) is 11.3 Å². The molecule has 0 saturated heterocycles. The summed E-state index contributed by atoms with van der Waals surface area (Å²) in [5, 5.41) is 21.1. The number of hydrogen-bond acceptors (Lipinski definition) is 9. The van der Waals surface area contributed by atoms with E-state index in [2.05, 4.69) is 30.5 Å². The minimum atomic E-state index is -0.389. The van der Waals surface area contributed by atoms with E-state index in [0.29, 0.717) is 29.3 Å². The lowest BCUT2D eigenvalue weighted by Gasteiger charge is -2.07. The predicted octanol–water partition coefficient (Wildman–Crippen LogP) is 1.92. The zero-order valence-corrected chi connectivity index (χ0v) is 16.5. The van der Waals surface area contributed by atoms with Gasteiger partial charge in [-0.05, 0) is 53.1 Å². The largest absolute Gasteiger partial charge is 0.504 e. The molecule has 0 aliphatic carbocycles. The van der Waals surface area contributed by atoms with Crippen LogP contribution in [0.5, 0.6) is 11.5 Å². The van der Waals surface area contributed by atoms with Gasteiger partial charge in [-0.2, -0.15) is 5.10 Å². The Labute approximate surface area is 176 Å². The number of phenolic OH excluding ortho intramolecular Hbond substituents is 1. The van der Waals surface area contributed by atoms with Gasteiger partial charge in [0.05, 0.1) is 23.9 Å². The standard InChI is InChI=1S/C20H19N7O4/c1-2-30-16-9-12(7-8-15(16)28)10-22-24-17(29)11-27-14-6-4-3-5-13(14)23-20(27)18-19(21)26-31-25-18/h3-10,28H,2,11H2,1H3,(H2,21,26)(H,24,29). The van der Waals surface area contributed by atoms with Gasteiger partial charge in [0.1, 0.15) is 6.54 Å². The highest BCUT2D eigenvalue weighted by Gasteiger charge is 2.20. The van der Waals surface area contributed by atoms with E-state index in [4.69, 9.17) is 10.5 Å². The molecule has 158 valence electrons. The quantitative estimate of drug-likeness (QED) is 0.302. The molecule has 0 atom stereocenters. The second-order valence-corrected chi connectivity index (χ2v) is 6.46. The maximum absolute atomic E-state index is 12.5. The van der Waals surface area contributed by atoms with E-state index in [-0.39, 0.29) is 29.7 Å². The fourth-order valence-electron chi connectivity index (χ4n) is 3.01. The van der Waals surface area contributed by atoms with Crippen molar-refractivity contribution in [3.05, 3.63) is 48.0 Å². The van der Waals surface area contributed by atoms with Crippen LogP contribution >= 0.6 is 0 Å². The number of para-hydroxylation sites is 2. The summed E-state index contributed by atoms with van der Waals surface area (Å²) in [6, 6.07) is 12.1. The molecule has 11 heteroatoms. The van der Waals surface area contributed by atoms with Gasteiger partial charge in [-0.25, -0.2) is 15.0 Å². The Balaban J connectivity index is 1.53. The fourth-order valence-corrected chi connectivity index (χ4v) is 3.01. The number of fused-ring (bicyclic) bond motifs is 1. The van der Waals surface area contributed by atoms with Crippen LogP contribution in [0.1, 0.15) is 12.5 Å². The predicted molar refractivity (Wildman–Crippen MR) is 112 cm³/mol. The molecule has 0 radical (unpaired) electrons. The summed E-state index contributed by atoms with van der Waals surface area (Å²) < 4.78 is 11.7. The smallest absolute Gasteiger partial charge is 0.260 e. The molecule has 0 bridgehead atoms. The normalized spacial score (nSPS) is 11.3. The highest BCUT2D eigenvalue weighted by molar-refractivity contribution is 5.86. The van der Waals surface area contributed by atoms with Gasteiger partial charge in [0, 0.05) is 0 Å². The minimum Gasteiger partial charge on any atom is -0.504 e. The van der Waals surface area contributed by atoms with Crippen LogP contribution in [0.3, 0.4) is 0 Å². The van der Waals surface area contributed by atoms with Crippen molar-refractivity contribution in [2.45, 2.75) is 13.5 Å². The number of anilines is 1. The molecule has 0 aliphatic rings. The van der Waals surface area contributed by atoms with E-state index in [0.717, 1.165) is 5.52 Å². The number of imidazole rings is 1. The van der Waals surface area contributed by atoms with Crippen molar-refractivity contribution < 1.29 is 19.3 Å². The first-order valence-corrected chi connectivity index (χ1v) is 9.38. The third-order valence-corrected chi connectivity index (χ3v) is 4.37. The summed E-state index contributed by atoms with van der Waals surface area (Å²) in [5.74, 6) is 0.418. The summed E-state index contributed by atoms with van der Waals surface area (Å²) in [5.41, 5.74) is 10.6. The van der Waals surface area contributed by atoms with Gasteiger partial charge in [-0.3, -0.25) is 4.79 Å². The summed E-state index contributed by atoms with van der Waals surface area (Å²) in [6.07, 6.45) is 1.45. The number of nitrogens with two attached hydrogens (primary N) is 1. The van der Waals surface area contributed by atoms with Crippen LogP contribution < -0.4 is 15.9 Å². The minimum absolute atomic E-state index is 0.0316. The molecular formula is C20H19N7O4. The Morgan fingerprint density at radius 3 is 2.94 bits per heavy atom. The first-order valence-electron chi connectivity index (χ1n) is 9.38. The maximum atomic E-state index is 12.5. The lowest BCUT2D eigenvalue weighted by molar-refractivity contribution is -0.121. The van der Waals surface area contributed by atoms with E-state index >= 15 is 0 Å². The number of phenols is 1. The zero-order valence-electron chi connectivity index (χ0n) is 16.5. The molecule has 0 unspecified atom stereocenters. The third kappa shape index (κ3) is 4.15. The number of nitrogens with one attached hydrogen (secondary N) is 1. The lowest BCUT2D eigenvalue weighted by atomic mass is 10.2. The Morgan fingerprint density at radius 1 is 1.32 bits per heavy atom. The monoisotopic (exact) mass is 421 g/mol. The van der Waals surface area contributed by atoms with Crippen molar-refractivity contribution in [2.75, 3.05) is 12.3 Å². The molecule has 0 fully saturated rings. The topological polar surface area (TPSA) is 154 Å². The number of aromatic nitrogens is 4. The SMILES string of the molecule is CCOc1cc(C=NNC(=O)Cn2c(-c3nonc3N)nc3ccccc32)ccc1O. The third-order valence-electron chi connectivity index (χ3n) is 4.37. The molecule has 2 aromatic heterocycles. The zero-order chi connectivity index (χ0) is 21.8. The van der Waals surface area contributed by atoms with Crippen molar-refractivity contribution in [2.24, 2.45) is 5.10 Å². The maximum Gasteiger partial charge on any atom is 0.260 e. The molecule has 1 amide bonds. The van der Waals surface area contributed by atoms with Crippen LogP contribution in [0, 0.1) is 0 Å². The van der Waals surface area contributed by atoms with Crippen LogP contribution in [0.2, 0.25) is 0 Å². The van der Waals surface area contributed by atoms with E-state index in [1.54, 1.807) is 16.7 Å². The summed E-state index contributed by atoms with van der Waals surface area (Å²) >= 11 is 0. The van der Waals surface area contributed by atoms with Crippen LogP contribution in [0.25, 0.3) is 22.6 Å². The Kier molecular flexibility index (Phi) is 5.47. The molecular weight excluding hydrogens is 402 g/mol. The van der Waals surface area contributed by atoms with Gasteiger partial charge in [-0.15, -0.1) is 0 Å². The van der Waals surface area contributed by atoms with Crippen molar-refractivity contribution in [3.63, 3.8) is 0 Å². The van der Waals surface area contributed by atoms with Gasteiger partial charge in [0.15, 0.2) is 28.8 Å². The van der Waals surface area contributed by atoms with Gasteiger partial charge >= 0.3 is 0 Å². The molecule has 4 aromatic rings. The van der Waals surface area contributed by atoms with E-state index in [1.165, 1.54) is 12.3 Å². The Morgan fingerprint density at radius 2 is 2.16 bits per heavy atom. The van der Waals surface area contributed by atoms with Crippen molar-refractivity contribution >= 4 is 29.0 Å². The number of ether oxygens (including phenoxy) is 1. The second kappa shape index (κ2) is 8.53. The number of nitrogens with zero attached hydrogens (tertiary/aromatic N) is 5. The van der Waals surface area contributed by atoms with Crippen molar-refractivity contribution in [1.82, 2.24) is 25.3 Å². The van der Waals surface area contributed by atoms with Crippen LogP contribution in [0.15, 0.2) is 52.2 Å². The molecule has 0 saturated carbocycles. The van der Waals surface area contributed by atoms with Crippen LogP contribution in [-0.4, -0.2) is 43.7 Å². The van der Waals surface area contributed by atoms with Gasteiger partial charge in [-0.1, -0.05) is 12.1 Å². The molecule has 31 heavy (non-hydrogen) atoms. The number of carbonyl (C=O) groups excluding carboxylic acids is 1. The molecule has 4 rings (SSSR count). The van der Waals surface area contributed by atoms with Gasteiger partial charge in [0.25, 0.3) is 5.91 Å². The van der Waals surface area contributed by atoms with Gasteiger partial charge < -0.3 is 20.1 Å². The number of hydrazone groups is 1. The Hall–Kier alpha value is -4.41. The number of rotatable bonds is 7. The number of hydrogen-bond donors (Lipinski definition) is 3. The van der Waals surface area contributed by atoms with E-state index in [1.807, 2.05) is 31.2 Å². The number of nitrogen functional groups attached to an aromatic ring is 1. The average molecular weight is 421 g/mol. The first kappa shape index (κ1) is 19.9.